The lowest BCUT2D eigenvalue weighted by atomic mass is 9.85. The van der Waals surface area contributed by atoms with Crippen LogP contribution in [0, 0.1) is 29.6 Å². The van der Waals surface area contributed by atoms with E-state index in [1.165, 1.54) is 15.9 Å². The van der Waals surface area contributed by atoms with E-state index in [-0.39, 0.29) is 60.1 Å². The highest BCUT2D eigenvalue weighted by molar-refractivity contribution is 6.36. The third-order valence-corrected chi connectivity index (χ3v) is 7.98. The summed E-state index contributed by atoms with van der Waals surface area (Å²) in [5, 5.41) is 0.789. The minimum atomic E-state index is -0.697. The zero-order chi connectivity index (χ0) is 24.4. The van der Waals surface area contributed by atoms with Gasteiger partial charge in [-0.25, -0.2) is 4.90 Å². The van der Waals surface area contributed by atoms with Gasteiger partial charge in [-0.05, 0) is 48.6 Å². The highest BCUT2D eigenvalue weighted by Crippen LogP contribution is 2.53. The van der Waals surface area contributed by atoms with E-state index in [4.69, 9.17) is 27.9 Å². The van der Waals surface area contributed by atoms with Gasteiger partial charge in [-0.1, -0.05) is 41.4 Å². The first kappa shape index (κ1) is 22.3. The molecule has 2 aliphatic carbocycles. The summed E-state index contributed by atoms with van der Waals surface area (Å²) in [4.78, 5) is 54.3. The molecular weight excluding hydrogens is 491 g/mol. The Morgan fingerprint density at radius 3 is 2.37 bits per heavy atom. The summed E-state index contributed by atoms with van der Waals surface area (Å²) in [7, 11) is 0. The van der Waals surface area contributed by atoms with Crippen LogP contribution in [0.1, 0.15) is 12.8 Å². The van der Waals surface area contributed by atoms with E-state index in [9.17, 15) is 19.2 Å². The number of halogens is 2. The van der Waals surface area contributed by atoms with Gasteiger partial charge in [-0.15, -0.1) is 0 Å². The van der Waals surface area contributed by atoms with Crippen molar-refractivity contribution in [1.29, 1.82) is 0 Å². The lowest BCUT2D eigenvalue weighted by molar-refractivity contribution is -0.139. The number of fused-ring (bicyclic) bond motifs is 5. The van der Waals surface area contributed by atoms with E-state index in [2.05, 4.69) is 0 Å². The number of rotatable bonds is 4. The summed E-state index contributed by atoms with van der Waals surface area (Å²) in [6, 6.07) is 11.2. The molecule has 9 heteroatoms. The monoisotopic (exact) mass is 510 g/mol. The van der Waals surface area contributed by atoms with Crippen molar-refractivity contribution in [2.45, 2.75) is 12.8 Å². The first-order chi connectivity index (χ1) is 16.8. The number of ether oxygens (including phenoxy) is 1. The molecule has 2 saturated heterocycles. The molecule has 0 spiro atoms. The summed E-state index contributed by atoms with van der Waals surface area (Å²) < 4.78 is 5.57. The van der Waals surface area contributed by atoms with E-state index in [1.807, 2.05) is 12.2 Å². The van der Waals surface area contributed by atoms with E-state index in [0.717, 1.165) is 6.42 Å². The van der Waals surface area contributed by atoms with Gasteiger partial charge in [0.1, 0.15) is 5.75 Å². The molecule has 7 nitrogen and oxygen atoms in total. The molecule has 0 aromatic heterocycles. The van der Waals surface area contributed by atoms with Gasteiger partial charge in [-0.3, -0.25) is 19.2 Å². The van der Waals surface area contributed by atoms with Crippen LogP contribution in [0.2, 0.25) is 10.0 Å². The molecule has 0 radical (unpaired) electrons. The molecule has 35 heavy (non-hydrogen) atoms. The van der Waals surface area contributed by atoms with Gasteiger partial charge < -0.3 is 9.64 Å². The van der Waals surface area contributed by atoms with E-state index >= 15 is 0 Å². The minimum Gasteiger partial charge on any atom is -0.426 e. The third-order valence-electron chi connectivity index (χ3n) is 7.42. The summed E-state index contributed by atoms with van der Waals surface area (Å²) >= 11 is 12.3. The van der Waals surface area contributed by atoms with Gasteiger partial charge in [-0.2, -0.15) is 0 Å². The van der Waals surface area contributed by atoms with Gasteiger partial charge >= 0.3 is 5.97 Å². The topological polar surface area (TPSA) is 84.0 Å². The Kier molecular flexibility index (Phi) is 5.23. The lowest BCUT2D eigenvalue weighted by Gasteiger charge is -2.19. The first-order valence-corrected chi connectivity index (χ1v) is 12.2. The largest absolute Gasteiger partial charge is 0.426 e. The molecule has 4 aliphatic rings. The number of allylic oxidation sites excluding steroid dienone is 2. The van der Waals surface area contributed by atoms with Crippen LogP contribution in [-0.4, -0.2) is 30.2 Å². The molecule has 2 aromatic rings. The Labute approximate surface area is 211 Å². The van der Waals surface area contributed by atoms with Crippen LogP contribution in [0.3, 0.4) is 0 Å². The number of carbonyl (C=O) groups excluding carboxylic acids is 4. The maximum Gasteiger partial charge on any atom is 0.316 e. The second-order valence-corrected chi connectivity index (χ2v) is 10.3. The molecule has 0 unspecified atom stereocenters. The zero-order valence-electron chi connectivity index (χ0n) is 18.4. The van der Waals surface area contributed by atoms with Gasteiger partial charge in [0.2, 0.25) is 17.7 Å². The molecule has 5 atom stereocenters. The molecule has 0 N–H and O–H groups in total. The number of esters is 1. The van der Waals surface area contributed by atoms with E-state index < -0.39 is 11.9 Å². The fourth-order valence-electron chi connectivity index (χ4n) is 5.83. The van der Waals surface area contributed by atoms with Crippen molar-refractivity contribution in [1.82, 2.24) is 0 Å². The molecule has 3 fully saturated rings. The highest BCUT2D eigenvalue weighted by Gasteiger charge is 2.59. The molecule has 3 amide bonds. The molecule has 2 aliphatic heterocycles. The number of imide groups is 1. The second-order valence-electron chi connectivity index (χ2n) is 9.43. The van der Waals surface area contributed by atoms with Crippen LogP contribution in [0.15, 0.2) is 54.6 Å². The average molecular weight is 511 g/mol. The molecule has 2 bridgehead atoms. The van der Waals surface area contributed by atoms with Crippen molar-refractivity contribution in [3.05, 3.63) is 64.7 Å². The van der Waals surface area contributed by atoms with Crippen LogP contribution in [0.4, 0.5) is 11.4 Å². The smallest absolute Gasteiger partial charge is 0.316 e. The molecular formula is C26H20Cl2N2O5. The van der Waals surface area contributed by atoms with Gasteiger partial charge in [0, 0.05) is 24.1 Å². The Bertz CT molecular complexity index is 1290. The number of anilines is 2. The maximum absolute atomic E-state index is 13.1. The lowest BCUT2D eigenvalue weighted by Crippen LogP contribution is -2.32. The minimum absolute atomic E-state index is 0.0242. The summed E-state index contributed by atoms with van der Waals surface area (Å²) in [5.74, 6) is -2.11. The van der Waals surface area contributed by atoms with Crippen molar-refractivity contribution in [3.63, 3.8) is 0 Å². The highest BCUT2D eigenvalue weighted by atomic mass is 35.5. The van der Waals surface area contributed by atoms with Crippen molar-refractivity contribution >= 4 is 58.3 Å². The fourth-order valence-corrected chi connectivity index (χ4v) is 6.22. The number of hydrogen-bond donors (Lipinski definition) is 0. The summed E-state index contributed by atoms with van der Waals surface area (Å²) in [5.41, 5.74) is 0.829. The number of carbonyl (C=O) groups is 4. The summed E-state index contributed by atoms with van der Waals surface area (Å²) in [6.45, 7) is 0.111. The van der Waals surface area contributed by atoms with Crippen LogP contribution < -0.4 is 14.5 Å². The molecule has 2 aromatic carbocycles. The number of nitrogens with zero attached hydrogens (tertiary/aromatic N) is 2. The Balaban J connectivity index is 1.18. The Morgan fingerprint density at radius 1 is 0.943 bits per heavy atom. The first-order valence-electron chi connectivity index (χ1n) is 11.4. The van der Waals surface area contributed by atoms with Gasteiger partial charge in [0.25, 0.3) is 0 Å². The number of hydrogen-bond acceptors (Lipinski definition) is 5. The average Bonchev–Trinajstić information content (AvgIpc) is 3.59. The standard InChI is InChI=1S/C26H20Cl2N2O5/c27-16-6-7-19(28)20(10-16)29-12-15(9-21(29)31)26(34)35-18-3-1-2-17(11-18)30-24(32)22-13-4-5-14(8-13)23(22)25(30)33/h1-7,10-11,13-15,22-23H,8-9,12H2/t13-,14-,15-,22-,23+/m0/s1. The predicted octanol–water partition coefficient (Wildman–Crippen LogP) is 4.26. The molecule has 6 rings (SSSR count). The van der Waals surface area contributed by atoms with Crippen LogP contribution in [-0.2, 0) is 19.2 Å². The third kappa shape index (κ3) is 3.56. The fraction of sp³-hybridized carbons (Fsp3) is 0.308. The molecule has 1 saturated carbocycles. The van der Waals surface area contributed by atoms with Crippen LogP contribution in [0.5, 0.6) is 5.75 Å². The van der Waals surface area contributed by atoms with Gasteiger partial charge in [0.15, 0.2) is 0 Å². The molecule has 2 heterocycles. The normalized spacial score (nSPS) is 28.9. The zero-order valence-corrected chi connectivity index (χ0v) is 19.9. The quantitative estimate of drug-likeness (QED) is 0.265. The summed E-state index contributed by atoms with van der Waals surface area (Å²) in [6.07, 6.45) is 4.92. The van der Waals surface area contributed by atoms with Crippen molar-refractivity contribution < 1.29 is 23.9 Å². The van der Waals surface area contributed by atoms with Gasteiger partial charge in [0.05, 0.1) is 34.2 Å². The predicted molar refractivity (Wildman–Crippen MR) is 129 cm³/mol. The van der Waals surface area contributed by atoms with E-state index in [1.54, 1.807) is 36.4 Å². The number of benzene rings is 2. The van der Waals surface area contributed by atoms with Crippen LogP contribution in [0.25, 0.3) is 0 Å². The van der Waals surface area contributed by atoms with E-state index in [0.29, 0.717) is 21.4 Å². The number of amides is 3. The van der Waals surface area contributed by atoms with Crippen LogP contribution >= 0.6 is 23.2 Å². The second kappa shape index (κ2) is 8.21. The Hall–Kier alpha value is -3.16. The van der Waals surface area contributed by atoms with Crippen molar-refractivity contribution in [2.24, 2.45) is 29.6 Å². The maximum atomic E-state index is 13.1. The van der Waals surface area contributed by atoms with Crippen molar-refractivity contribution in [2.75, 3.05) is 16.3 Å². The molecule has 178 valence electrons. The SMILES string of the molecule is O=C(Oc1cccc(N2C(=O)[C@@H]3[C@H](C2=O)[C@H]2C=C[C@H]3C2)c1)[C@H]1CC(=O)N(c2cc(Cl)ccc2Cl)C1. The Morgan fingerprint density at radius 2 is 1.66 bits per heavy atom. The van der Waals surface area contributed by atoms with Crippen molar-refractivity contribution in [3.8, 4) is 5.75 Å².